The summed E-state index contributed by atoms with van der Waals surface area (Å²) in [6.45, 7) is 0. The fourth-order valence-electron chi connectivity index (χ4n) is 3.55. The van der Waals surface area contributed by atoms with Crippen LogP contribution in [0.3, 0.4) is 0 Å². The molecule has 1 aromatic carbocycles. The van der Waals surface area contributed by atoms with Crippen molar-refractivity contribution in [3.63, 3.8) is 0 Å². The molecular weight excluding hydrogens is 236 g/mol. The van der Waals surface area contributed by atoms with Crippen molar-refractivity contribution in [2.45, 2.75) is 56.8 Å². The maximum absolute atomic E-state index is 11.1. The topological polar surface area (TPSA) is 37.3 Å². The van der Waals surface area contributed by atoms with E-state index < -0.39 is 5.97 Å². The third-order valence-electron chi connectivity index (χ3n) is 4.75. The lowest BCUT2D eigenvalue weighted by Gasteiger charge is -2.17. The predicted molar refractivity (Wildman–Crippen MR) is 75.4 cm³/mol. The third kappa shape index (κ3) is 2.99. The molecule has 2 fully saturated rings. The molecule has 2 saturated carbocycles. The Kier molecular flexibility index (Phi) is 3.58. The summed E-state index contributed by atoms with van der Waals surface area (Å²) in [7, 11) is 0. The van der Waals surface area contributed by atoms with E-state index in [4.69, 9.17) is 5.11 Å². The van der Waals surface area contributed by atoms with E-state index >= 15 is 0 Å². The van der Waals surface area contributed by atoms with Gasteiger partial charge in [0.2, 0.25) is 0 Å². The van der Waals surface area contributed by atoms with Crippen molar-refractivity contribution in [1.29, 1.82) is 0 Å². The van der Waals surface area contributed by atoms with Gasteiger partial charge in [0, 0.05) is 0 Å². The number of hydrogen-bond donors (Lipinski definition) is 1. The van der Waals surface area contributed by atoms with Gasteiger partial charge in [0.1, 0.15) is 0 Å². The van der Waals surface area contributed by atoms with Gasteiger partial charge in [0.05, 0.1) is 6.42 Å². The van der Waals surface area contributed by atoms with Crippen LogP contribution in [0.15, 0.2) is 24.3 Å². The molecule has 1 N–H and O–H groups in total. The Morgan fingerprint density at radius 2 is 1.95 bits per heavy atom. The molecule has 2 aliphatic carbocycles. The van der Waals surface area contributed by atoms with Gasteiger partial charge in [0.15, 0.2) is 0 Å². The van der Waals surface area contributed by atoms with Gasteiger partial charge in [-0.05, 0) is 54.6 Å². The molecule has 0 amide bonds. The van der Waals surface area contributed by atoms with Crippen LogP contribution in [-0.4, -0.2) is 11.1 Å². The molecule has 1 aromatic rings. The fraction of sp³-hybridized carbons (Fsp3) is 0.588. The molecule has 19 heavy (non-hydrogen) atoms. The number of aliphatic carboxylic acids is 1. The SMILES string of the molecule is O=C(O)CC(c1cccc(C2CCCC2)c1)C1CC1. The molecule has 0 bridgehead atoms. The van der Waals surface area contributed by atoms with E-state index in [1.54, 1.807) is 0 Å². The van der Waals surface area contributed by atoms with Crippen molar-refractivity contribution >= 4 is 5.97 Å². The Balaban J connectivity index is 1.81. The second-order valence-corrected chi connectivity index (χ2v) is 6.19. The van der Waals surface area contributed by atoms with Gasteiger partial charge in [-0.3, -0.25) is 4.79 Å². The maximum Gasteiger partial charge on any atom is 0.303 e. The summed E-state index contributed by atoms with van der Waals surface area (Å²) in [5, 5.41) is 9.10. The first-order valence-corrected chi connectivity index (χ1v) is 7.55. The average Bonchev–Trinajstić information content (AvgIpc) is 3.09. The minimum Gasteiger partial charge on any atom is -0.481 e. The largest absolute Gasteiger partial charge is 0.481 e. The van der Waals surface area contributed by atoms with Crippen LogP contribution in [-0.2, 0) is 4.79 Å². The lowest BCUT2D eigenvalue weighted by atomic mass is 9.87. The van der Waals surface area contributed by atoms with Gasteiger partial charge >= 0.3 is 5.97 Å². The van der Waals surface area contributed by atoms with E-state index in [9.17, 15) is 4.79 Å². The minimum atomic E-state index is -0.664. The van der Waals surface area contributed by atoms with Gasteiger partial charge in [-0.1, -0.05) is 37.1 Å². The Labute approximate surface area is 114 Å². The van der Waals surface area contributed by atoms with Gasteiger partial charge in [-0.15, -0.1) is 0 Å². The van der Waals surface area contributed by atoms with Crippen LogP contribution >= 0.6 is 0 Å². The Morgan fingerprint density at radius 3 is 2.58 bits per heavy atom. The fourth-order valence-corrected chi connectivity index (χ4v) is 3.55. The van der Waals surface area contributed by atoms with E-state index in [2.05, 4.69) is 24.3 Å². The first-order valence-electron chi connectivity index (χ1n) is 7.55. The number of carbonyl (C=O) groups is 1. The minimum absolute atomic E-state index is 0.235. The number of carboxylic acids is 1. The molecule has 0 aliphatic heterocycles. The van der Waals surface area contributed by atoms with Crippen LogP contribution in [0.4, 0.5) is 0 Å². The highest BCUT2D eigenvalue weighted by Crippen LogP contribution is 2.45. The van der Waals surface area contributed by atoms with E-state index in [-0.39, 0.29) is 5.92 Å². The smallest absolute Gasteiger partial charge is 0.303 e. The number of rotatable bonds is 5. The van der Waals surface area contributed by atoms with Gasteiger partial charge in [-0.2, -0.15) is 0 Å². The third-order valence-corrected chi connectivity index (χ3v) is 4.75. The maximum atomic E-state index is 11.1. The first kappa shape index (κ1) is 12.7. The summed E-state index contributed by atoms with van der Waals surface area (Å²) in [5.74, 6) is 0.890. The Morgan fingerprint density at radius 1 is 1.21 bits per heavy atom. The molecular formula is C17H22O2. The second-order valence-electron chi connectivity index (χ2n) is 6.19. The lowest BCUT2D eigenvalue weighted by molar-refractivity contribution is -0.137. The zero-order valence-electron chi connectivity index (χ0n) is 11.3. The van der Waals surface area contributed by atoms with Crippen molar-refractivity contribution in [2.75, 3.05) is 0 Å². The monoisotopic (exact) mass is 258 g/mol. The van der Waals surface area contributed by atoms with Crippen molar-refractivity contribution < 1.29 is 9.90 Å². The van der Waals surface area contributed by atoms with Crippen LogP contribution in [0.2, 0.25) is 0 Å². The zero-order chi connectivity index (χ0) is 13.2. The Bertz CT molecular complexity index is 456. The molecule has 1 atom stereocenters. The molecule has 102 valence electrons. The average molecular weight is 258 g/mol. The normalized spacial score (nSPS) is 21.5. The summed E-state index contributed by atoms with van der Waals surface area (Å²) in [4.78, 5) is 11.1. The predicted octanol–water partition coefficient (Wildman–Crippen LogP) is 4.31. The number of carboxylic acid groups (broad SMARTS) is 1. The van der Waals surface area contributed by atoms with Crippen LogP contribution in [0.5, 0.6) is 0 Å². The Hall–Kier alpha value is -1.31. The van der Waals surface area contributed by atoms with Crippen LogP contribution < -0.4 is 0 Å². The molecule has 3 rings (SSSR count). The van der Waals surface area contributed by atoms with Gasteiger partial charge in [-0.25, -0.2) is 0 Å². The molecule has 1 unspecified atom stereocenters. The summed E-state index contributed by atoms with van der Waals surface area (Å²) in [6.07, 6.45) is 7.98. The highest BCUT2D eigenvalue weighted by molar-refractivity contribution is 5.68. The molecule has 0 aromatic heterocycles. The second kappa shape index (κ2) is 5.36. The van der Waals surface area contributed by atoms with E-state index in [1.165, 1.54) is 49.7 Å². The molecule has 2 aliphatic rings. The highest BCUT2D eigenvalue weighted by atomic mass is 16.4. The van der Waals surface area contributed by atoms with Crippen molar-refractivity contribution in [3.8, 4) is 0 Å². The molecule has 0 heterocycles. The van der Waals surface area contributed by atoms with Crippen LogP contribution in [0.25, 0.3) is 0 Å². The summed E-state index contributed by atoms with van der Waals surface area (Å²) < 4.78 is 0. The molecule has 0 saturated heterocycles. The van der Waals surface area contributed by atoms with E-state index in [0.717, 1.165) is 0 Å². The standard InChI is InChI=1S/C17H22O2/c18-17(19)11-16(13-8-9-13)15-7-3-6-14(10-15)12-4-1-2-5-12/h3,6-7,10,12-13,16H,1-2,4-5,8-9,11H2,(H,18,19). The van der Waals surface area contributed by atoms with E-state index in [1.807, 2.05) is 0 Å². The quantitative estimate of drug-likeness (QED) is 0.854. The molecule has 0 radical (unpaired) electrons. The van der Waals surface area contributed by atoms with E-state index in [0.29, 0.717) is 18.3 Å². The number of hydrogen-bond acceptors (Lipinski definition) is 1. The molecule has 2 heteroatoms. The van der Waals surface area contributed by atoms with Gasteiger partial charge in [0.25, 0.3) is 0 Å². The summed E-state index contributed by atoms with van der Waals surface area (Å²) in [6, 6.07) is 8.77. The van der Waals surface area contributed by atoms with Crippen LogP contribution in [0, 0.1) is 5.92 Å². The molecule has 0 spiro atoms. The van der Waals surface area contributed by atoms with Crippen LogP contribution in [0.1, 0.15) is 67.9 Å². The zero-order valence-corrected chi connectivity index (χ0v) is 11.3. The van der Waals surface area contributed by atoms with Gasteiger partial charge < -0.3 is 5.11 Å². The lowest BCUT2D eigenvalue weighted by Crippen LogP contribution is -2.09. The summed E-state index contributed by atoms with van der Waals surface area (Å²) in [5.41, 5.74) is 2.69. The van der Waals surface area contributed by atoms with Crippen molar-refractivity contribution in [2.24, 2.45) is 5.92 Å². The van der Waals surface area contributed by atoms with Crippen molar-refractivity contribution in [3.05, 3.63) is 35.4 Å². The highest BCUT2D eigenvalue weighted by Gasteiger charge is 2.34. The molecule has 2 nitrogen and oxygen atoms in total. The first-order chi connectivity index (χ1) is 9.24. The number of benzene rings is 1. The summed E-state index contributed by atoms with van der Waals surface area (Å²) >= 11 is 0. The van der Waals surface area contributed by atoms with Crippen molar-refractivity contribution in [1.82, 2.24) is 0 Å².